The topological polar surface area (TPSA) is 26.3 Å². The number of carbonyl (C=O) groups is 1. The van der Waals surface area contributed by atoms with Gasteiger partial charge in [0, 0.05) is 11.3 Å². The lowest BCUT2D eigenvalue weighted by atomic mass is 10.1. The number of carbonyl (C=O) groups excluding carboxylic acids is 1. The second-order valence-corrected chi connectivity index (χ2v) is 3.87. The summed E-state index contributed by atoms with van der Waals surface area (Å²) in [5, 5.41) is 0. The molecule has 0 spiro atoms. The molecule has 0 atom stereocenters. The zero-order valence-electron chi connectivity index (χ0n) is 8.90. The first-order valence-electron chi connectivity index (χ1n) is 4.61. The van der Waals surface area contributed by atoms with Gasteiger partial charge in [-0.05, 0) is 17.9 Å². The molecule has 1 aromatic carbocycles. The van der Waals surface area contributed by atoms with Gasteiger partial charge in [0.15, 0.2) is 0 Å². The molecule has 0 radical (unpaired) electrons. The standard InChI is InChI=1S/C12H14O2S/c1-14-12(13)11(9-15-2)8-10-6-4-3-5-7-10/h3-8H,9H2,1-2H3/b11-8+. The molecule has 15 heavy (non-hydrogen) atoms. The summed E-state index contributed by atoms with van der Waals surface area (Å²) in [6.45, 7) is 0. The molecule has 0 N–H and O–H groups in total. The molecule has 2 nitrogen and oxygen atoms in total. The zero-order chi connectivity index (χ0) is 11.1. The number of benzene rings is 1. The van der Waals surface area contributed by atoms with Crippen LogP contribution < -0.4 is 0 Å². The van der Waals surface area contributed by atoms with E-state index in [1.165, 1.54) is 7.11 Å². The van der Waals surface area contributed by atoms with Gasteiger partial charge in [-0.15, -0.1) is 0 Å². The lowest BCUT2D eigenvalue weighted by Gasteiger charge is -2.03. The molecule has 0 fully saturated rings. The van der Waals surface area contributed by atoms with E-state index in [0.29, 0.717) is 11.3 Å². The highest BCUT2D eigenvalue weighted by molar-refractivity contribution is 7.98. The maximum Gasteiger partial charge on any atom is 0.334 e. The van der Waals surface area contributed by atoms with Crippen LogP contribution in [0.25, 0.3) is 6.08 Å². The Kier molecular flexibility index (Phi) is 4.98. The van der Waals surface area contributed by atoms with Crippen LogP contribution in [0.3, 0.4) is 0 Å². The van der Waals surface area contributed by atoms with Crippen molar-refractivity contribution in [1.82, 2.24) is 0 Å². The van der Waals surface area contributed by atoms with Crippen LogP contribution in [0.5, 0.6) is 0 Å². The van der Waals surface area contributed by atoms with Crippen LogP contribution in [0, 0.1) is 0 Å². The van der Waals surface area contributed by atoms with Crippen molar-refractivity contribution in [3.63, 3.8) is 0 Å². The van der Waals surface area contributed by atoms with Crippen molar-refractivity contribution in [3.8, 4) is 0 Å². The number of hydrogen-bond acceptors (Lipinski definition) is 3. The molecule has 80 valence electrons. The van der Waals surface area contributed by atoms with Crippen molar-refractivity contribution in [2.75, 3.05) is 19.1 Å². The van der Waals surface area contributed by atoms with Crippen LogP contribution >= 0.6 is 11.8 Å². The zero-order valence-corrected chi connectivity index (χ0v) is 9.71. The fourth-order valence-corrected chi connectivity index (χ4v) is 1.71. The molecule has 0 unspecified atom stereocenters. The first-order chi connectivity index (χ1) is 7.27. The predicted octanol–water partition coefficient (Wildman–Crippen LogP) is 2.61. The van der Waals surface area contributed by atoms with Crippen LogP contribution in [0.4, 0.5) is 0 Å². The smallest absolute Gasteiger partial charge is 0.334 e. The van der Waals surface area contributed by atoms with Crippen molar-refractivity contribution in [2.45, 2.75) is 0 Å². The van der Waals surface area contributed by atoms with Crippen molar-refractivity contribution >= 4 is 23.8 Å². The van der Waals surface area contributed by atoms with Crippen LogP contribution in [-0.4, -0.2) is 25.1 Å². The summed E-state index contributed by atoms with van der Waals surface area (Å²) in [5.41, 5.74) is 1.71. The first kappa shape index (κ1) is 11.9. The highest BCUT2D eigenvalue weighted by Gasteiger charge is 2.08. The summed E-state index contributed by atoms with van der Waals surface area (Å²) < 4.78 is 4.72. The van der Waals surface area contributed by atoms with E-state index < -0.39 is 0 Å². The highest BCUT2D eigenvalue weighted by Crippen LogP contribution is 2.12. The number of thioether (sulfide) groups is 1. The lowest BCUT2D eigenvalue weighted by Crippen LogP contribution is -2.06. The summed E-state index contributed by atoms with van der Waals surface area (Å²) in [7, 11) is 1.40. The lowest BCUT2D eigenvalue weighted by molar-refractivity contribution is -0.135. The molecule has 1 aromatic rings. The third kappa shape index (κ3) is 3.80. The van der Waals surface area contributed by atoms with Gasteiger partial charge in [0.1, 0.15) is 0 Å². The predicted molar refractivity (Wildman–Crippen MR) is 64.8 cm³/mol. The average Bonchev–Trinajstić information content (AvgIpc) is 2.29. The number of esters is 1. The average molecular weight is 222 g/mol. The Labute approximate surface area is 94.3 Å². The van der Waals surface area contributed by atoms with Crippen molar-refractivity contribution in [1.29, 1.82) is 0 Å². The molecular weight excluding hydrogens is 208 g/mol. The minimum Gasteiger partial charge on any atom is -0.466 e. The van der Waals surface area contributed by atoms with Gasteiger partial charge in [0.05, 0.1) is 7.11 Å². The van der Waals surface area contributed by atoms with Crippen LogP contribution in [-0.2, 0) is 9.53 Å². The third-order valence-electron chi connectivity index (χ3n) is 1.89. The Morgan fingerprint density at radius 2 is 2.07 bits per heavy atom. The number of ether oxygens (including phenoxy) is 1. The molecule has 0 aliphatic carbocycles. The second-order valence-electron chi connectivity index (χ2n) is 3.00. The molecule has 1 rings (SSSR count). The van der Waals surface area contributed by atoms with Gasteiger partial charge in [-0.3, -0.25) is 0 Å². The molecular formula is C12H14O2S. The van der Waals surface area contributed by atoms with Gasteiger partial charge in [0.2, 0.25) is 0 Å². The van der Waals surface area contributed by atoms with Crippen molar-refractivity contribution in [3.05, 3.63) is 41.5 Å². The summed E-state index contributed by atoms with van der Waals surface area (Å²) in [5.74, 6) is 0.412. The molecule has 0 saturated carbocycles. The Balaban J connectivity index is 2.88. The maximum absolute atomic E-state index is 11.4. The highest BCUT2D eigenvalue weighted by atomic mass is 32.2. The summed E-state index contributed by atoms with van der Waals surface area (Å²) >= 11 is 1.60. The summed E-state index contributed by atoms with van der Waals surface area (Å²) in [6, 6.07) is 9.76. The van der Waals surface area contributed by atoms with E-state index in [1.54, 1.807) is 11.8 Å². The summed E-state index contributed by atoms with van der Waals surface area (Å²) in [6.07, 6.45) is 3.82. The molecule has 0 amide bonds. The SMILES string of the molecule is COC(=O)/C(=C/c1ccccc1)CSC. The van der Waals surface area contributed by atoms with Gasteiger partial charge in [-0.1, -0.05) is 30.3 Å². The summed E-state index contributed by atoms with van der Waals surface area (Å²) in [4.78, 5) is 11.4. The van der Waals surface area contributed by atoms with E-state index >= 15 is 0 Å². The van der Waals surface area contributed by atoms with Gasteiger partial charge in [-0.25, -0.2) is 4.79 Å². The minimum atomic E-state index is -0.256. The number of hydrogen-bond donors (Lipinski definition) is 0. The van der Waals surface area contributed by atoms with E-state index in [2.05, 4.69) is 0 Å². The first-order valence-corrected chi connectivity index (χ1v) is 6.00. The Hall–Kier alpha value is -1.22. The van der Waals surface area contributed by atoms with Crippen LogP contribution in [0.1, 0.15) is 5.56 Å². The molecule has 0 aromatic heterocycles. The van der Waals surface area contributed by atoms with Gasteiger partial charge in [-0.2, -0.15) is 11.8 Å². The largest absolute Gasteiger partial charge is 0.466 e. The van der Waals surface area contributed by atoms with Crippen LogP contribution in [0.2, 0.25) is 0 Å². The van der Waals surface area contributed by atoms with Gasteiger partial charge in [0.25, 0.3) is 0 Å². The fraction of sp³-hybridized carbons (Fsp3) is 0.250. The Morgan fingerprint density at radius 3 is 2.60 bits per heavy atom. The quantitative estimate of drug-likeness (QED) is 0.578. The van der Waals surface area contributed by atoms with E-state index in [0.717, 1.165) is 5.56 Å². The van der Waals surface area contributed by atoms with Gasteiger partial charge >= 0.3 is 5.97 Å². The number of methoxy groups -OCH3 is 1. The molecule has 0 aliphatic heterocycles. The normalized spacial score (nSPS) is 11.2. The molecule has 0 saturated heterocycles. The van der Waals surface area contributed by atoms with Crippen molar-refractivity contribution < 1.29 is 9.53 Å². The third-order valence-corrected chi connectivity index (χ3v) is 2.49. The van der Waals surface area contributed by atoms with E-state index in [4.69, 9.17) is 4.74 Å². The van der Waals surface area contributed by atoms with Gasteiger partial charge < -0.3 is 4.74 Å². The molecule has 0 aliphatic rings. The van der Waals surface area contributed by atoms with Crippen LogP contribution in [0.15, 0.2) is 35.9 Å². The molecule has 0 heterocycles. The molecule has 3 heteroatoms. The van der Waals surface area contributed by atoms with E-state index in [9.17, 15) is 4.79 Å². The fourth-order valence-electron chi connectivity index (χ4n) is 1.20. The molecule has 0 bridgehead atoms. The second kappa shape index (κ2) is 6.30. The Bertz CT molecular complexity index is 344. The van der Waals surface area contributed by atoms with Crippen molar-refractivity contribution in [2.24, 2.45) is 0 Å². The monoisotopic (exact) mass is 222 g/mol. The minimum absolute atomic E-state index is 0.256. The number of rotatable bonds is 4. The Morgan fingerprint density at radius 1 is 1.40 bits per heavy atom. The van der Waals surface area contributed by atoms with E-state index in [1.807, 2.05) is 42.7 Å². The maximum atomic E-state index is 11.4. The van der Waals surface area contributed by atoms with E-state index in [-0.39, 0.29) is 5.97 Å².